The molecular weight excluding hydrogens is 248 g/mol. The summed E-state index contributed by atoms with van der Waals surface area (Å²) < 4.78 is 11.2. The molecule has 5 heteroatoms. The number of thiazole rings is 1. The maximum absolute atomic E-state index is 6.15. The minimum Gasteiger partial charge on any atom is -0.381 e. The van der Waals surface area contributed by atoms with E-state index in [2.05, 4.69) is 0 Å². The van der Waals surface area contributed by atoms with Gasteiger partial charge in [-0.15, -0.1) is 11.3 Å². The molecule has 0 amide bonds. The van der Waals surface area contributed by atoms with Gasteiger partial charge in [0.25, 0.3) is 0 Å². The zero-order valence-electron chi connectivity index (χ0n) is 10.8. The zero-order valence-corrected chi connectivity index (χ0v) is 11.6. The summed E-state index contributed by atoms with van der Waals surface area (Å²) in [5.74, 6) is 0. The monoisotopic (exact) mass is 268 g/mol. The lowest BCUT2D eigenvalue weighted by atomic mass is 9.94. The molecule has 1 aromatic heterocycles. The first kappa shape index (κ1) is 12.5. The van der Waals surface area contributed by atoms with Crippen molar-refractivity contribution in [2.24, 2.45) is 5.73 Å². The highest BCUT2D eigenvalue weighted by Crippen LogP contribution is 2.41. The largest absolute Gasteiger partial charge is 0.381 e. The van der Waals surface area contributed by atoms with Gasteiger partial charge in [-0.2, -0.15) is 0 Å². The van der Waals surface area contributed by atoms with E-state index in [0.717, 1.165) is 49.6 Å². The van der Waals surface area contributed by atoms with Gasteiger partial charge in [0.2, 0.25) is 0 Å². The Bertz CT molecular complexity index is 427. The van der Waals surface area contributed by atoms with Gasteiger partial charge in [0.1, 0.15) is 10.6 Å². The number of fused-ring (bicyclic) bond motifs is 1. The van der Waals surface area contributed by atoms with Crippen LogP contribution in [0.5, 0.6) is 0 Å². The van der Waals surface area contributed by atoms with Gasteiger partial charge in [0, 0.05) is 44.1 Å². The first-order valence-electron chi connectivity index (χ1n) is 6.64. The van der Waals surface area contributed by atoms with Crippen molar-refractivity contribution < 1.29 is 9.47 Å². The van der Waals surface area contributed by atoms with Gasteiger partial charge >= 0.3 is 0 Å². The lowest BCUT2D eigenvalue weighted by molar-refractivity contribution is -0.0949. The molecule has 3 rings (SSSR count). The summed E-state index contributed by atoms with van der Waals surface area (Å²) in [4.78, 5) is 6.18. The number of nitrogens with zero attached hydrogens (tertiary/aromatic N) is 1. The number of nitrogens with two attached hydrogens (primary N) is 1. The molecule has 100 valence electrons. The van der Waals surface area contributed by atoms with Gasteiger partial charge in [-0.1, -0.05) is 0 Å². The van der Waals surface area contributed by atoms with E-state index in [-0.39, 0.29) is 11.6 Å². The molecule has 1 saturated heterocycles. The van der Waals surface area contributed by atoms with Gasteiger partial charge in [0.05, 0.1) is 5.69 Å². The Labute approximate surface area is 111 Å². The molecule has 1 unspecified atom stereocenters. The van der Waals surface area contributed by atoms with E-state index in [1.165, 1.54) is 11.3 Å². The quantitative estimate of drug-likeness (QED) is 0.892. The standard InChI is InChI=1S/C13H20N2O2S/c1-16-13(5-7-17-8-6-13)12-15-11-9(14)3-2-4-10(11)18-12/h9H,2-8,14H2,1H3. The van der Waals surface area contributed by atoms with Crippen molar-refractivity contribution in [3.63, 3.8) is 0 Å². The average Bonchev–Trinajstić information content (AvgIpc) is 2.85. The molecule has 0 bridgehead atoms. The predicted octanol–water partition coefficient (Wildman–Crippen LogP) is 2.13. The predicted molar refractivity (Wildman–Crippen MR) is 70.7 cm³/mol. The van der Waals surface area contributed by atoms with E-state index < -0.39 is 0 Å². The fraction of sp³-hybridized carbons (Fsp3) is 0.769. The lowest BCUT2D eigenvalue weighted by Crippen LogP contribution is -2.35. The van der Waals surface area contributed by atoms with Crippen LogP contribution in [0.15, 0.2) is 0 Å². The normalized spacial score (nSPS) is 26.9. The molecule has 0 spiro atoms. The van der Waals surface area contributed by atoms with Crippen LogP contribution < -0.4 is 5.73 Å². The highest BCUT2D eigenvalue weighted by atomic mass is 32.1. The Hall–Kier alpha value is -0.490. The number of ether oxygens (including phenoxy) is 2. The summed E-state index contributed by atoms with van der Waals surface area (Å²) in [6.45, 7) is 1.51. The van der Waals surface area contributed by atoms with E-state index in [4.69, 9.17) is 20.2 Å². The molecule has 1 aliphatic heterocycles. The van der Waals surface area contributed by atoms with Gasteiger partial charge in [0.15, 0.2) is 0 Å². The Morgan fingerprint density at radius 3 is 2.89 bits per heavy atom. The molecule has 4 nitrogen and oxygen atoms in total. The fourth-order valence-corrected chi connectivity index (χ4v) is 4.25. The second kappa shape index (κ2) is 4.89. The Morgan fingerprint density at radius 2 is 2.22 bits per heavy atom. The minimum atomic E-state index is -0.236. The molecule has 0 saturated carbocycles. The van der Waals surface area contributed by atoms with Crippen LogP contribution >= 0.6 is 11.3 Å². The molecule has 0 aromatic carbocycles. The summed E-state index contributed by atoms with van der Waals surface area (Å²) in [5.41, 5.74) is 7.03. The molecule has 1 fully saturated rings. The highest BCUT2D eigenvalue weighted by molar-refractivity contribution is 7.11. The lowest BCUT2D eigenvalue weighted by Gasteiger charge is -2.33. The van der Waals surface area contributed by atoms with E-state index in [0.29, 0.717) is 0 Å². The van der Waals surface area contributed by atoms with Crippen LogP contribution in [-0.2, 0) is 21.5 Å². The van der Waals surface area contributed by atoms with Crippen molar-refractivity contribution in [2.45, 2.75) is 43.7 Å². The molecule has 2 aliphatic rings. The van der Waals surface area contributed by atoms with Crippen molar-refractivity contribution in [3.8, 4) is 0 Å². The average molecular weight is 268 g/mol. The summed E-state index contributed by atoms with van der Waals surface area (Å²) in [7, 11) is 1.78. The topological polar surface area (TPSA) is 57.4 Å². The van der Waals surface area contributed by atoms with Crippen LogP contribution in [0.4, 0.5) is 0 Å². The second-order valence-corrected chi connectivity index (χ2v) is 6.22. The SMILES string of the molecule is COC1(c2nc3c(s2)CCCC3N)CCOCC1. The molecule has 0 radical (unpaired) electrons. The first-order chi connectivity index (χ1) is 8.75. The summed E-state index contributed by atoms with van der Waals surface area (Å²) >= 11 is 1.80. The summed E-state index contributed by atoms with van der Waals surface area (Å²) in [5, 5.41) is 1.11. The maximum atomic E-state index is 6.15. The van der Waals surface area contributed by atoms with Gasteiger partial charge in [-0.05, 0) is 19.3 Å². The van der Waals surface area contributed by atoms with Crippen LogP contribution in [0.1, 0.15) is 47.3 Å². The highest BCUT2D eigenvalue weighted by Gasteiger charge is 2.39. The number of rotatable bonds is 2. The molecule has 1 aliphatic carbocycles. The van der Waals surface area contributed by atoms with Crippen molar-refractivity contribution in [1.29, 1.82) is 0 Å². The van der Waals surface area contributed by atoms with Gasteiger partial charge in [-0.3, -0.25) is 0 Å². The molecule has 1 atom stereocenters. The van der Waals surface area contributed by atoms with E-state index in [1.54, 1.807) is 18.4 Å². The second-order valence-electron chi connectivity index (χ2n) is 5.14. The van der Waals surface area contributed by atoms with Crippen molar-refractivity contribution in [2.75, 3.05) is 20.3 Å². The van der Waals surface area contributed by atoms with E-state index in [9.17, 15) is 0 Å². The van der Waals surface area contributed by atoms with Crippen LogP contribution in [0.2, 0.25) is 0 Å². The van der Waals surface area contributed by atoms with E-state index >= 15 is 0 Å². The summed E-state index contributed by atoms with van der Waals surface area (Å²) in [6, 6.07) is 0.118. The van der Waals surface area contributed by atoms with Crippen molar-refractivity contribution >= 4 is 11.3 Å². The fourth-order valence-electron chi connectivity index (χ4n) is 2.85. The van der Waals surface area contributed by atoms with Crippen molar-refractivity contribution in [3.05, 3.63) is 15.6 Å². The van der Waals surface area contributed by atoms with E-state index in [1.807, 2.05) is 0 Å². The Kier molecular flexibility index (Phi) is 3.40. The molecule has 1 aromatic rings. The van der Waals surface area contributed by atoms with Gasteiger partial charge in [-0.25, -0.2) is 4.98 Å². The maximum Gasteiger partial charge on any atom is 0.125 e. The first-order valence-corrected chi connectivity index (χ1v) is 7.45. The molecule has 18 heavy (non-hydrogen) atoms. The third-order valence-electron chi connectivity index (χ3n) is 4.08. The smallest absolute Gasteiger partial charge is 0.125 e. The third kappa shape index (κ3) is 1.99. The van der Waals surface area contributed by atoms with Crippen LogP contribution in [0.3, 0.4) is 0 Å². The number of hydrogen-bond donors (Lipinski definition) is 1. The van der Waals surface area contributed by atoms with Crippen molar-refractivity contribution in [1.82, 2.24) is 4.98 Å². The Morgan fingerprint density at radius 1 is 1.44 bits per heavy atom. The zero-order chi connectivity index (χ0) is 12.6. The number of aromatic nitrogens is 1. The number of methoxy groups -OCH3 is 1. The summed E-state index contributed by atoms with van der Waals surface area (Å²) in [6.07, 6.45) is 5.14. The molecule has 2 heterocycles. The van der Waals surface area contributed by atoms with Gasteiger partial charge < -0.3 is 15.2 Å². The molecular formula is C13H20N2O2S. The molecule has 2 N–H and O–H groups in total. The minimum absolute atomic E-state index is 0.118. The number of hydrogen-bond acceptors (Lipinski definition) is 5. The van der Waals surface area contributed by atoms with Crippen LogP contribution in [0.25, 0.3) is 0 Å². The van der Waals surface area contributed by atoms with Crippen LogP contribution in [-0.4, -0.2) is 25.3 Å². The Balaban J connectivity index is 1.95. The third-order valence-corrected chi connectivity index (χ3v) is 5.40. The van der Waals surface area contributed by atoms with Crippen LogP contribution in [0, 0.1) is 0 Å². The number of aryl methyl sites for hydroxylation is 1.